The van der Waals surface area contributed by atoms with Gasteiger partial charge in [0.2, 0.25) is 5.91 Å². The van der Waals surface area contributed by atoms with Crippen LogP contribution in [0.15, 0.2) is 36.7 Å². The third kappa shape index (κ3) is 6.29. The van der Waals surface area contributed by atoms with Crippen LogP contribution in [0.4, 0.5) is 29.3 Å². The molecule has 0 bridgehead atoms. The van der Waals surface area contributed by atoms with Gasteiger partial charge < -0.3 is 29.4 Å². The van der Waals surface area contributed by atoms with Crippen molar-refractivity contribution in [3.05, 3.63) is 59.8 Å². The normalized spacial score (nSPS) is 17.2. The number of imidazole rings is 1. The fraction of sp³-hybridized carbons (Fsp3) is 0.360. The molecular formula is C25H27F3N6O5. The molecule has 2 amide bonds. The number of likely N-dealkylation sites (N-methyl/N-ethyl adjacent to an activating group) is 1. The Morgan fingerprint density at radius 1 is 1.15 bits per heavy atom. The van der Waals surface area contributed by atoms with E-state index < -0.39 is 23.8 Å². The molecule has 14 heteroatoms. The first-order valence-corrected chi connectivity index (χ1v) is 12.1. The van der Waals surface area contributed by atoms with E-state index >= 15 is 0 Å². The number of aliphatic hydroxyl groups is 1. The second-order valence-electron chi connectivity index (χ2n) is 8.85. The molecule has 2 N–H and O–H groups in total. The summed E-state index contributed by atoms with van der Waals surface area (Å²) in [6, 6.07) is 4.98. The molecule has 11 nitrogen and oxygen atoms in total. The van der Waals surface area contributed by atoms with Crippen LogP contribution in [-0.2, 0) is 9.53 Å². The van der Waals surface area contributed by atoms with Crippen molar-refractivity contribution in [2.24, 2.45) is 0 Å². The van der Waals surface area contributed by atoms with Gasteiger partial charge in [0.15, 0.2) is 17.9 Å². The smallest absolute Gasteiger partial charge is 0.414 e. The summed E-state index contributed by atoms with van der Waals surface area (Å²) in [6.45, 7) is 1.25. The van der Waals surface area contributed by atoms with Gasteiger partial charge in [-0.2, -0.15) is 0 Å². The highest BCUT2D eigenvalue weighted by molar-refractivity contribution is 5.90. The van der Waals surface area contributed by atoms with Crippen LogP contribution in [-0.4, -0.2) is 96.7 Å². The number of aliphatic hydroxyl groups excluding tert-OH is 1. The molecular weight excluding hydrogens is 521 g/mol. The molecule has 1 unspecified atom stereocenters. The first-order valence-electron chi connectivity index (χ1n) is 12.1. The van der Waals surface area contributed by atoms with Crippen LogP contribution in [0.5, 0.6) is 0 Å². The van der Waals surface area contributed by atoms with Crippen molar-refractivity contribution in [2.75, 3.05) is 62.7 Å². The molecule has 2 saturated heterocycles. The minimum Gasteiger partial charge on any atom is -0.441 e. The van der Waals surface area contributed by atoms with Crippen LogP contribution in [0.25, 0.3) is 5.65 Å². The Balaban J connectivity index is 0.000000243. The maximum Gasteiger partial charge on any atom is 0.414 e. The maximum atomic E-state index is 14.6. The van der Waals surface area contributed by atoms with Crippen molar-refractivity contribution < 1.29 is 37.4 Å². The molecule has 39 heavy (non-hydrogen) atoms. The largest absolute Gasteiger partial charge is 0.441 e. The van der Waals surface area contributed by atoms with Gasteiger partial charge in [-0.1, -0.05) is 0 Å². The van der Waals surface area contributed by atoms with Crippen molar-refractivity contribution in [3.63, 3.8) is 0 Å². The second-order valence-corrected chi connectivity index (χ2v) is 8.85. The Kier molecular flexibility index (Phi) is 8.66. The number of aldehydes is 1. The Bertz CT molecular complexity index is 1340. The molecule has 208 valence electrons. The molecule has 2 aliphatic heterocycles. The third-order valence-electron chi connectivity index (χ3n) is 6.22. The molecule has 1 aromatic carbocycles. The van der Waals surface area contributed by atoms with Crippen LogP contribution in [0.3, 0.4) is 0 Å². The number of benzene rings is 1. The van der Waals surface area contributed by atoms with E-state index in [0.717, 1.165) is 17.0 Å². The summed E-state index contributed by atoms with van der Waals surface area (Å²) >= 11 is 0. The van der Waals surface area contributed by atoms with E-state index in [0.29, 0.717) is 43.8 Å². The van der Waals surface area contributed by atoms with Crippen molar-refractivity contribution in [1.29, 1.82) is 0 Å². The molecule has 2 fully saturated rings. The summed E-state index contributed by atoms with van der Waals surface area (Å²) in [5.41, 5.74) is 0.738. The highest BCUT2D eigenvalue weighted by Gasteiger charge is 2.33. The zero-order chi connectivity index (χ0) is 28.1. The molecule has 0 saturated carbocycles. The number of anilines is 2. The summed E-state index contributed by atoms with van der Waals surface area (Å²) in [5, 5.41) is 11.9. The minimum atomic E-state index is -0.791. The number of hydrogen-bond acceptors (Lipinski definition) is 8. The zero-order valence-electron chi connectivity index (χ0n) is 21.0. The molecule has 2 aromatic heterocycles. The first kappa shape index (κ1) is 27.9. The average molecular weight is 549 g/mol. The van der Waals surface area contributed by atoms with E-state index in [4.69, 9.17) is 9.84 Å². The lowest BCUT2D eigenvalue weighted by Crippen LogP contribution is -2.51. The van der Waals surface area contributed by atoms with Crippen LogP contribution in [0.1, 0.15) is 10.5 Å². The molecule has 0 radical (unpaired) electrons. The first-order chi connectivity index (χ1) is 18.7. The van der Waals surface area contributed by atoms with Crippen LogP contribution >= 0.6 is 0 Å². The molecule has 1 atom stereocenters. The highest BCUT2D eigenvalue weighted by Crippen LogP contribution is 2.31. The summed E-state index contributed by atoms with van der Waals surface area (Å²) in [7, 11) is 1.68. The predicted molar refractivity (Wildman–Crippen MR) is 134 cm³/mol. The highest BCUT2D eigenvalue weighted by atomic mass is 19.1. The average Bonchev–Trinajstić information content (AvgIpc) is 3.51. The molecule has 3 aromatic rings. The van der Waals surface area contributed by atoms with Crippen molar-refractivity contribution >= 4 is 35.3 Å². The number of cyclic esters (lactones) is 1. The number of nitrogens with one attached hydrogen (secondary N) is 1. The summed E-state index contributed by atoms with van der Waals surface area (Å²) < 4.78 is 48.2. The summed E-state index contributed by atoms with van der Waals surface area (Å²) in [6.07, 6.45) is 1.91. The lowest BCUT2D eigenvalue weighted by atomic mass is 10.2. The number of amides is 2. The van der Waals surface area contributed by atoms with Crippen LogP contribution in [0, 0.1) is 17.5 Å². The maximum absolute atomic E-state index is 14.6. The number of fused-ring (bicyclic) bond motifs is 1. The van der Waals surface area contributed by atoms with E-state index in [-0.39, 0.29) is 42.8 Å². The Hall–Kier alpha value is -4.17. The number of nitrogens with zero attached hydrogens (tertiary/aromatic N) is 5. The van der Waals surface area contributed by atoms with Gasteiger partial charge in [0, 0.05) is 50.7 Å². The van der Waals surface area contributed by atoms with Gasteiger partial charge in [-0.3, -0.25) is 14.5 Å². The zero-order valence-corrected chi connectivity index (χ0v) is 21.0. The summed E-state index contributed by atoms with van der Waals surface area (Å²) in [4.78, 5) is 42.2. The molecule has 2 aliphatic rings. The van der Waals surface area contributed by atoms with Gasteiger partial charge in [0.1, 0.15) is 28.9 Å². The van der Waals surface area contributed by atoms with E-state index in [9.17, 15) is 27.6 Å². The molecule has 4 heterocycles. The molecule has 5 rings (SSSR count). The number of carbonyl (C=O) groups excluding carboxylic acids is 3. The fourth-order valence-electron chi connectivity index (χ4n) is 4.32. The quantitative estimate of drug-likeness (QED) is 0.445. The predicted octanol–water partition coefficient (Wildman–Crippen LogP) is 1.44. The molecule has 0 spiro atoms. The standard InChI is InChI=1S/C17H22F2N4O4.C8H5FN2O/c1-20-8-15(25)21-2-4-22(5-3-21)16-13(18)6-11(7-14(16)19)23-9-12(10-24)27-17(23)26;9-6-1-2-8-10-7(5-12)4-11(8)3-6/h6-7,12,20,24H,2-5,8-10H2,1H3;1-5H. The van der Waals surface area contributed by atoms with E-state index in [1.807, 2.05) is 0 Å². The number of rotatable bonds is 6. The number of carbonyl (C=O) groups is 3. The Morgan fingerprint density at radius 2 is 1.85 bits per heavy atom. The van der Waals surface area contributed by atoms with Gasteiger partial charge in [-0.15, -0.1) is 0 Å². The minimum absolute atomic E-state index is 0.0276. The number of hydrogen-bond donors (Lipinski definition) is 2. The monoisotopic (exact) mass is 548 g/mol. The van der Waals surface area contributed by atoms with Gasteiger partial charge in [-0.05, 0) is 19.2 Å². The fourth-order valence-corrected chi connectivity index (χ4v) is 4.32. The summed E-state index contributed by atoms with van der Waals surface area (Å²) in [5.74, 6) is -1.99. The van der Waals surface area contributed by atoms with Crippen LogP contribution in [0.2, 0.25) is 0 Å². The number of pyridine rings is 1. The van der Waals surface area contributed by atoms with Crippen molar-refractivity contribution in [2.45, 2.75) is 6.10 Å². The Morgan fingerprint density at radius 3 is 2.44 bits per heavy atom. The van der Waals surface area contributed by atoms with Crippen molar-refractivity contribution in [1.82, 2.24) is 19.6 Å². The number of aromatic nitrogens is 2. The Labute approximate surface area is 221 Å². The second kappa shape index (κ2) is 12.1. The molecule has 0 aliphatic carbocycles. The van der Waals surface area contributed by atoms with E-state index in [2.05, 4.69) is 10.3 Å². The number of halogens is 3. The van der Waals surface area contributed by atoms with Crippen molar-refractivity contribution in [3.8, 4) is 0 Å². The lowest BCUT2D eigenvalue weighted by molar-refractivity contribution is -0.130. The number of ether oxygens (including phenoxy) is 1. The lowest BCUT2D eigenvalue weighted by Gasteiger charge is -2.36. The SMILES string of the molecule is CNCC(=O)N1CCN(c2c(F)cc(N3CC(CO)OC3=O)cc2F)CC1.O=Cc1cn2cc(F)ccc2n1. The topological polar surface area (TPSA) is 120 Å². The van der Waals surface area contributed by atoms with E-state index in [1.54, 1.807) is 16.8 Å². The number of piperazine rings is 1. The third-order valence-corrected chi connectivity index (χ3v) is 6.22. The van der Waals surface area contributed by atoms with Gasteiger partial charge in [-0.25, -0.2) is 22.9 Å². The van der Waals surface area contributed by atoms with Gasteiger partial charge in [0.05, 0.1) is 25.4 Å². The van der Waals surface area contributed by atoms with Crippen LogP contribution < -0.4 is 15.1 Å². The van der Waals surface area contributed by atoms with E-state index in [1.165, 1.54) is 28.9 Å². The van der Waals surface area contributed by atoms with Gasteiger partial charge >= 0.3 is 6.09 Å². The van der Waals surface area contributed by atoms with Gasteiger partial charge in [0.25, 0.3) is 0 Å².